The zero-order valence-corrected chi connectivity index (χ0v) is 14.5. The Morgan fingerprint density at radius 3 is 1.21 bits per heavy atom. The van der Waals surface area contributed by atoms with E-state index in [0.29, 0.717) is 22.6 Å². The van der Waals surface area contributed by atoms with Crippen LogP contribution in [0.4, 0.5) is 0 Å². The second-order valence-corrected chi connectivity index (χ2v) is 5.50. The summed E-state index contributed by atoms with van der Waals surface area (Å²) < 4.78 is 10.1. The molecule has 2 rings (SSSR count). The lowest BCUT2D eigenvalue weighted by atomic mass is 10.1. The summed E-state index contributed by atoms with van der Waals surface area (Å²) in [5.41, 5.74) is 0.614. The van der Waals surface area contributed by atoms with Gasteiger partial charge in [-0.05, 0) is 48.5 Å². The van der Waals surface area contributed by atoms with Crippen LogP contribution < -0.4 is 9.47 Å². The number of hydrogen-bond acceptors (Lipinski definition) is 4. The maximum Gasteiger partial charge on any atom is 0.206 e. The minimum Gasteiger partial charge on any atom is -0.497 e. The first-order valence-corrected chi connectivity index (χ1v) is 7.66. The second kappa shape index (κ2) is 7.99. The molecule has 2 aromatic carbocycles. The van der Waals surface area contributed by atoms with Gasteiger partial charge >= 0.3 is 0 Å². The third kappa shape index (κ3) is 3.96. The van der Waals surface area contributed by atoms with E-state index in [1.165, 1.54) is 14.2 Å². The van der Waals surface area contributed by atoms with Crippen LogP contribution in [0.1, 0.15) is 20.7 Å². The van der Waals surface area contributed by atoms with E-state index in [-0.39, 0.29) is 10.1 Å². The van der Waals surface area contributed by atoms with Gasteiger partial charge in [-0.1, -0.05) is 23.2 Å². The molecule has 0 atom stereocenters. The molecule has 24 heavy (non-hydrogen) atoms. The fraction of sp³-hybridized carbons (Fsp3) is 0.111. The van der Waals surface area contributed by atoms with E-state index >= 15 is 0 Å². The number of ketones is 2. The molecule has 0 unspecified atom stereocenters. The third-order valence-corrected chi connectivity index (χ3v) is 4.11. The zero-order chi connectivity index (χ0) is 17.7. The summed E-state index contributed by atoms with van der Waals surface area (Å²) in [4.78, 5) is 24.7. The number of hydrogen-bond donors (Lipinski definition) is 0. The molecule has 0 heterocycles. The molecule has 0 saturated heterocycles. The van der Waals surface area contributed by atoms with Crippen LogP contribution in [0, 0.1) is 0 Å². The molecule has 6 heteroatoms. The maximum atomic E-state index is 12.3. The van der Waals surface area contributed by atoms with Gasteiger partial charge in [-0.25, -0.2) is 0 Å². The van der Waals surface area contributed by atoms with E-state index < -0.39 is 11.6 Å². The van der Waals surface area contributed by atoms with Crippen LogP contribution >= 0.6 is 23.2 Å². The van der Waals surface area contributed by atoms with Crippen molar-refractivity contribution in [1.82, 2.24) is 0 Å². The molecule has 0 fully saturated rings. The SMILES string of the molecule is COc1ccc(C(=O)/C(Cl)=C(/Cl)C(=O)c2ccc(OC)cc2)cc1. The van der Waals surface area contributed by atoms with Crippen LogP contribution in [0.3, 0.4) is 0 Å². The number of carbonyl (C=O) groups excluding carboxylic acids is 2. The number of allylic oxidation sites excluding steroid dienone is 2. The summed E-state index contributed by atoms with van der Waals surface area (Å²) in [6, 6.07) is 12.7. The Labute approximate surface area is 149 Å². The molecule has 124 valence electrons. The van der Waals surface area contributed by atoms with E-state index in [0.717, 1.165) is 0 Å². The van der Waals surface area contributed by atoms with Crippen molar-refractivity contribution in [1.29, 1.82) is 0 Å². The van der Waals surface area contributed by atoms with Crippen molar-refractivity contribution in [3.63, 3.8) is 0 Å². The van der Waals surface area contributed by atoms with Crippen LogP contribution in [0.5, 0.6) is 11.5 Å². The Morgan fingerprint density at radius 2 is 0.958 bits per heavy atom. The molecule has 0 spiro atoms. The molecule has 0 aliphatic carbocycles. The number of carbonyl (C=O) groups is 2. The van der Waals surface area contributed by atoms with Crippen molar-refractivity contribution in [3.05, 3.63) is 69.7 Å². The summed E-state index contributed by atoms with van der Waals surface area (Å²) in [7, 11) is 3.04. The van der Waals surface area contributed by atoms with Crippen molar-refractivity contribution in [2.75, 3.05) is 14.2 Å². The minimum absolute atomic E-state index is 0.307. The predicted octanol–water partition coefficient (Wildman–Crippen LogP) is 4.46. The average molecular weight is 365 g/mol. The predicted molar refractivity (Wildman–Crippen MR) is 93.4 cm³/mol. The molecule has 0 aliphatic heterocycles. The molecular formula is C18H14Cl2O4. The highest BCUT2D eigenvalue weighted by Gasteiger charge is 2.20. The Kier molecular flexibility index (Phi) is 6.01. The zero-order valence-electron chi connectivity index (χ0n) is 13.0. The van der Waals surface area contributed by atoms with E-state index in [9.17, 15) is 9.59 Å². The Morgan fingerprint density at radius 1 is 0.667 bits per heavy atom. The normalized spacial score (nSPS) is 11.5. The van der Waals surface area contributed by atoms with Crippen molar-refractivity contribution < 1.29 is 19.1 Å². The van der Waals surface area contributed by atoms with Gasteiger partial charge in [-0.15, -0.1) is 0 Å². The minimum atomic E-state index is -0.536. The van der Waals surface area contributed by atoms with Gasteiger partial charge in [0.15, 0.2) is 0 Å². The van der Waals surface area contributed by atoms with Crippen LogP contribution in [-0.2, 0) is 0 Å². The summed E-state index contributed by atoms with van der Waals surface area (Å²) in [5.74, 6) is 0.136. The quantitative estimate of drug-likeness (QED) is 0.560. The van der Waals surface area contributed by atoms with Crippen LogP contribution in [0.25, 0.3) is 0 Å². The maximum absolute atomic E-state index is 12.3. The Bertz CT molecular complexity index is 710. The van der Waals surface area contributed by atoms with Crippen molar-refractivity contribution >= 4 is 34.8 Å². The highest BCUT2D eigenvalue weighted by atomic mass is 35.5. The average Bonchev–Trinajstić information content (AvgIpc) is 2.65. The van der Waals surface area contributed by atoms with Gasteiger partial charge in [0.1, 0.15) is 21.6 Å². The lowest BCUT2D eigenvalue weighted by Gasteiger charge is -2.05. The highest BCUT2D eigenvalue weighted by molar-refractivity contribution is 6.56. The molecule has 0 radical (unpaired) electrons. The first-order chi connectivity index (χ1) is 11.5. The fourth-order valence-electron chi connectivity index (χ4n) is 1.94. The van der Waals surface area contributed by atoms with Gasteiger partial charge in [0.2, 0.25) is 11.6 Å². The van der Waals surface area contributed by atoms with Crippen molar-refractivity contribution in [2.24, 2.45) is 0 Å². The molecule has 0 saturated carbocycles. The topological polar surface area (TPSA) is 52.6 Å². The lowest BCUT2D eigenvalue weighted by molar-refractivity contribution is 0.101. The molecule has 0 aromatic heterocycles. The summed E-state index contributed by atoms with van der Waals surface area (Å²) in [5, 5.41) is -0.662. The number of rotatable bonds is 6. The van der Waals surface area contributed by atoms with Gasteiger partial charge < -0.3 is 9.47 Å². The number of Topliss-reactive ketones (excluding diaryl/α,β-unsaturated/α-hetero) is 2. The van der Waals surface area contributed by atoms with Gasteiger partial charge in [0.25, 0.3) is 0 Å². The smallest absolute Gasteiger partial charge is 0.206 e. The highest BCUT2D eigenvalue weighted by Crippen LogP contribution is 2.24. The van der Waals surface area contributed by atoms with E-state index in [4.69, 9.17) is 32.7 Å². The van der Waals surface area contributed by atoms with Crippen molar-refractivity contribution in [3.8, 4) is 11.5 Å². The Balaban J connectivity index is 2.26. The molecule has 0 N–H and O–H groups in total. The summed E-state index contributed by atoms with van der Waals surface area (Å²) >= 11 is 12.0. The summed E-state index contributed by atoms with van der Waals surface area (Å²) in [6.07, 6.45) is 0. The van der Waals surface area contributed by atoms with Gasteiger partial charge in [-0.2, -0.15) is 0 Å². The standard InChI is InChI=1S/C18H14Cl2O4/c1-23-13-7-3-11(4-8-13)17(21)15(19)16(20)18(22)12-5-9-14(24-2)10-6-12/h3-10H,1-2H3/b16-15-. The van der Waals surface area contributed by atoms with Gasteiger partial charge in [-0.3, -0.25) is 9.59 Å². The number of methoxy groups -OCH3 is 2. The fourth-order valence-corrected chi connectivity index (χ4v) is 2.33. The Hall–Kier alpha value is -2.30. The van der Waals surface area contributed by atoms with E-state index in [2.05, 4.69) is 0 Å². The van der Waals surface area contributed by atoms with Crippen molar-refractivity contribution in [2.45, 2.75) is 0 Å². The lowest BCUT2D eigenvalue weighted by Crippen LogP contribution is -2.07. The molecule has 4 nitrogen and oxygen atoms in total. The van der Waals surface area contributed by atoms with E-state index in [1.807, 2.05) is 0 Å². The number of halogens is 2. The van der Waals surface area contributed by atoms with Gasteiger partial charge in [0.05, 0.1) is 14.2 Å². The molecular weight excluding hydrogens is 351 g/mol. The number of benzene rings is 2. The second-order valence-electron chi connectivity index (χ2n) is 4.74. The van der Waals surface area contributed by atoms with Crippen LogP contribution in [0.2, 0.25) is 0 Å². The van der Waals surface area contributed by atoms with Crippen LogP contribution in [0.15, 0.2) is 58.6 Å². The molecule has 0 amide bonds. The van der Waals surface area contributed by atoms with Crippen LogP contribution in [-0.4, -0.2) is 25.8 Å². The third-order valence-electron chi connectivity index (χ3n) is 3.30. The van der Waals surface area contributed by atoms with E-state index in [1.54, 1.807) is 48.5 Å². The number of ether oxygens (including phenoxy) is 2. The van der Waals surface area contributed by atoms with Gasteiger partial charge in [0, 0.05) is 11.1 Å². The molecule has 0 bridgehead atoms. The largest absolute Gasteiger partial charge is 0.497 e. The summed E-state index contributed by atoms with van der Waals surface area (Å²) in [6.45, 7) is 0. The first kappa shape index (κ1) is 18.0. The molecule has 0 aliphatic rings. The monoisotopic (exact) mass is 364 g/mol. The first-order valence-electron chi connectivity index (χ1n) is 6.90. The molecule has 2 aromatic rings.